The molecule has 1 heterocycles. The van der Waals surface area contributed by atoms with Gasteiger partial charge in [-0.3, -0.25) is 4.79 Å². The second-order valence-corrected chi connectivity index (χ2v) is 6.12. The number of benzene rings is 1. The molecule has 0 atom stereocenters. The molecular weight excluding hydrogens is 300 g/mol. The average molecular weight is 325 g/mol. The Hall–Kier alpha value is -1.26. The molecule has 0 bridgehead atoms. The molecule has 122 valence electrons. The van der Waals surface area contributed by atoms with E-state index in [4.69, 9.17) is 16.3 Å². The summed E-state index contributed by atoms with van der Waals surface area (Å²) in [7, 11) is 1.56. The fourth-order valence-electron chi connectivity index (χ4n) is 2.77. The number of carbonyl (C=O) groups is 1. The minimum Gasteiger partial charge on any atom is -0.495 e. The summed E-state index contributed by atoms with van der Waals surface area (Å²) in [5.74, 6) is 0.500. The number of halogens is 1. The van der Waals surface area contributed by atoms with Crippen molar-refractivity contribution in [1.82, 2.24) is 10.2 Å². The third kappa shape index (κ3) is 5.18. The Labute approximate surface area is 137 Å². The van der Waals surface area contributed by atoms with Gasteiger partial charge in [-0.05, 0) is 57.1 Å². The molecule has 1 aliphatic heterocycles. The van der Waals surface area contributed by atoms with Crippen molar-refractivity contribution in [3.05, 3.63) is 28.8 Å². The first-order valence-electron chi connectivity index (χ1n) is 8.05. The van der Waals surface area contributed by atoms with E-state index in [1.165, 1.54) is 38.8 Å². The van der Waals surface area contributed by atoms with Gasteiger partial charge in [0.2, 0.25) is 0 Å². The van der Waals surface area contributed by atoms with Crippen molar-refractivity contribution >= 4 is 17.5 Å². The Kier molecular flexibility index (Phi) is 7.00. The lowest BCUT2D eigenvalue weighted by molar-refractivity contribution is 0.0951. The molecule has 22 heavy (non-hydrogen) atoms. The van der Waals surface area contributed by atoms with Crippen LogP contribution in [0.5, 0.6) is 5.75 Å². The van der Waals surface area contributed by atoms with E-state index in [0.29, 0.717) is 22.9 Å². The Morgan fingerprint density at radius 3 is 2.64 bits per heavy atom. The lowest BCUT2D eigenvalue weighted by atomic mass is 10.2. The summed E-state index contributed by atoms with van der Waals surface area (Å²) < 4.78 is 5.09. The topological polar surface area (TPSA) is 41.6 Å². The predicted octanol–water partition coefficient (Wildman–Crippen LogP) is 3.34. The van der Waals surface area contributed by atoms with E-state index in [1.807, 2.05) is 0 Å². The molecule has 1 saturated heterocycles. The Morgan fingerprint density at radius 1 is 1.27 bits per heavy atom. The number of nitrogens with zero attached hydrogens (tertiary/aromatic N) is 1. The van der Waals surface area contributed by atoms with Crippen molar-refractivity contribution < 1.29 is 9.53 Å². The van der Waals surface area contributed by atoms with Gasteiger partial charge in [-0.2, -0.15) is 0 Å². The molecule has 1 fully saturated rings. The van der Waals surface area contributed by atoms with Crippen molar-refractivity contribution in [3.63, 3.8) is 0 Å². The lowest BCUT2D eigenvalue weighted by Gasteiger charge is -2.19. The molecule has 0 aliphatic carbocycles. The summed E-state index contributed by atoms with van der Waals surface area (Å²) in [4.78, 5) is 14.6. The zero-order chi connectivity index (χ0) is 15.8. The van der Waals surface area contributed by atoms with Gasteiger partial charge in [0.05, 0.1) is 12.1 Å². The quantitative estimate of drug-likeness (QED) is 0.816. The summed E-state index contributed by atoms with van der Waals surface area (Å²) in [5, 5.41) is 3.41. The van der Waals surface area contributed by atoms with Gasteiger partial charge in [0.25, 0.3) is 5.91 Å². The Balaban J connectivity index is 1.72. The second-order valence-electron chi connectivity index (χ2n) is 5.71. The van der Waals surface area contributed by atoms with Crippen molar-refractivity contribution in [3.8, 4) is 5.75 Å². The minimum atomic E-state index is -0.0829. The molecule has 4 nitrogen and oxygen atoms in total. The monoisotopic (exact) mass is 324 g/mol. The van der Waals surface area contributed by atoms with Gasteiger partial charge in [0.15, 0.2) is 0 Å². The average Bonchev–Trinajstić information content (AvgIpc) is 2.80. The maximum absolute atomic E-state index is 12.1. The maximum atomic E-state index is 12.1. The molecule has 1 aromatic rings. The van der Waals surface area contributed by atoms with Crippen LogP contribution in [0.25, 0.3) is 0 Å². The first-order valence-corrected chi connectivity index (χ1v) is 8.42. The van der Waals surface area contributed by atoms with Crippen LogP contribution in [0, 0.1) is 0 Å². The van der Waals surface area contributed by atoms with Gasteiger partial charge in [-0.1, -0.05) is 24.4 Å². The molecule has 1 N–H and O–H groups in total. The number of hydrogen-bond acceptors (Lipinski definition) is 3. The molecule has 1 aromatic carbocycles. The van der Waals surface area contributed by atoms with Crippen LogP contribution in [0.1, 0.15) is 42.5 Å². The molecule has 0 saturated carbocycles. The van der Waals surface area contributed by atoms with Crippen LogP contribution in [0.15, 0.2) is 18.2 Å². The van der Waals surface area contributed by atoms with E-state index >= 15 is 0 Å². The van der Waals surface area contributed by atoms with Crippen LogP contribution in [0.3, 0.4) is 0 Å². The normalized spacial score (nSPS) is 16.1. The van der Waals surface area contributed by atoms with Crippen LogP contribution in [0.4, 0.5) is 0 Å². The standard InChI is InChI=1S/C17H25ClN2O2/c1-22-16-8-7-14(13-15(16)18)17(21)19-9-6-12-20-10-4-2-3-5-11-20/h7-8,13H,2-6,9-12H2,1H3,(H,19,21). The number of hydrogen-bond donors (Lipinski definition) is 1. The zero-order valence-electron chi connectivity index (χ0n) is 13.2. The number of likely N-dealkylation sites (tertiary alicyclic amines) is 1. The van der Waals surface area contributed by atoms with E-state index in [-0.39, 0.29) is 5.91 Å². The molecule has 1 amide bonds. The van der Waals surface area contributed by atoms with E-state index in [1.54, 1.807) is 25.3 Å². The highest BCUT2D eigenvalue weighted by Gasteiger charge is 2.10. The SMILES string of the molecule is COc1ccc(C(=O)NCCCN2CCCCCC2)cc1Cl. The highest BCUT2D eigenvalue weighted by molar-refractivity contribution is 6.32. The van der Waals surface area contributed by atoms with Gasteiger partial charge in [-0.25, -0.2) is 0 Å². The van der Waals surface area contributed by atoms with Crippen molar-refractivity contribution in [2.45, 2.75) is 32.1 Å². The van der Waals surface area contributed by atoms with Crippen molar-refractivity contribution in [1.29, 1.82) is 0 Å². The number of ether oxygens (including phenoxy) is 1. The Morgan fingerprint density at radius 2 is 2.00 bits per heavy atom. The maximum Gasteiger partial charge on any atom is 0.251 e. The largest absolute Gasteiger partial charge is 0.495 e. The van der Waals surface area contributed by atoms with E-state index in [2.05, 4.69) is 10.2 Å². The third-order valence-electron chi connectivity index (χ3n) is 4.05. The van der Waals surface area contributed by atoms with Crippen LogP contribution in [-0.4, -0.2) is 44.1 Å². The van der Waals surface area contributed by atoms with Crippen LogP contribution in [-0.2, 0) is 0 Å². The van der Waals surface area contributed by atoms with Gasteiger partial charge < -0.3 is 15.0 Å². The number of methoxy groups -OCH3 is 1. The molecule has 5 heteroatoms. The number of amides is 1. The van der Waals surface area contributed by atoms with E-state index in [9.17, 15) is 4.79 Å². The fraction of sp³-hybridized carbons (Fsp3) is 0.588. The predicted molar refractivity (Wildman–Crippen MR) is 89.9 cm³/mol. The van der Waals surface area contributed by atoms with Crippen LogP contribution in [0.2, 0.25) is 5.02 Å². The van der Waals surface area contributed by atoms with Crippen LogP contribution < -0.4 is 10.1 Å². The Bertz CT molecular complexity index is 486. The molecule has 0 spiro atoms. The van der Waals surface area contributed by atoms with E-state index < -0.39 is 0 Å². The first-order chi connectivity index (χ1) is 10.7. The lowest BCUT2D eigenvalue weighted by Crippen LogP contribution is -2.30. The summed E-state index contributed by atoms with van der Waals surface area (Å²) in [5.41, 5.74) is 0.570. The van der Waals surface area contributed by atoms with Crippen molar-refractivity contribution in [2.24, 2.45) is 0 Å². The van der Waals surface area contributed by atoms with Crippen LogP contribution >= 0.6 is 11.6 Å². The molecule has 1 aliphatic rings. The smallest absolute Gasteiger partial charge is 0.251 e. The van der Waals surface area contributed by atoms with Gasteiger partial charge >= 0.3 is 0 Å². The van der Waals surface area contributed by atoms with Crippen molar-refractivity contribution in [2.75, 3.05) is 33.3 Å². The second kappa shape index (κ2) is 9.01. The molecule has 0 radical (unpaired) electrons. The van der Waals surface area contributed by atoms with E-state index in [0.717, 1.165) is 13.0 Å². The minimum absolute atomic E-state index is 0.0829. The highest BCUT2D eigenvalue weighted by Crippen LogP contribution is 2.24. The van der Waals surface area contributed by atoms with Gasteiger partial charge in [0, 0.05) is 12.1 Å². The molecule has 2 rings (SSSR count). The van der Waals surface area contributed by atoms with Gasteiger partial charge in [-0.15, -0.1) is 0 Å². The fourth-order valence-corrected chi connectivity index (χ4v) is 3.03. The molecule has 0 unspecified atom stereocenters. The molecular formula is C17H25ClN2O2. The number of carbonyl (C=O) groups excluding carboxylic acids is 1. The first kappa shape index (κ1) is 17.1. The molecule has 0 aromatic heterocycles. The highest BCUT2D eigenvalue weighted by atomic mass is 35.5. The van der Waals surface area contributed by atoms with Gasteiger partial charge in [0.1, 0.15) is 5.75 Å². The summed E-state index contributed by atoms with van der Waals surface area (Å²) in [6.45, 7) is 4.15. The number of nitrogens with one attached hydrogen (secondary N) is 1. The summed E-state index contributed by atoms with van der Waals surface area (Å²) >= 11 is 6.04. The number of rotatable bonds is 6. The summed E-state index contributed by atoms with van der Waals surface area (Å²) in [6, 6.07) is 5.09. The third-order valence-corrected chi connectivity index (χ3v) is 4.34. The summed E-state index contributed by atoms with van der Waals surface area (Å²) in [6.07, 6.45) is 6.29. The zero-order valence-corrected chi connectivity index (χ0v) is 14.0.